The van der Waals surface area contributed by atoms with Crippen molar-refractivity contribution in [3.05, 3.63) is 24.3 Å². The lowest BCUT2D eigenvalue weighted by molar-refractivity contribution is -0.136. The van der Waals surface area contributed by atoms with Crippen molar-refractivity contribution in [1.82, 2.24) is 5.32 Å². The van der Waals surface area contributed by atoms with Crippen molar-refractivity contribution in [2.24, 2.45) is 5.92 Å². The molecule has 0 bridgehead atoms. The molecule has 1 aromatic rings. The number of nitrogens with one attached hydrogen (secondary N) is 2. The average molecular weight is 358 g/mol. The molecule has 142 valence electrons. The second kappa shape index (κ2) is 9.60. The van der Waals surface area contributed by atoms with Gasteiger partial charge in [-0.15, -0.1) is 0 Å². The third-order valence-corrected chi connectivity index (χ3v) is 5.47. The average Bonchev–Trinajstić information content (AvgIpc) is 3.34. The van der Waals surface area contributed by atoms with Crippen molar-refractivity contribution < 1.29 is 14.3 Å². The van der Waals surface area contributed by atoms with Gasteiger partial charge in [-0.25, -0.2) is 0 Å². The fraction of sp³-hybridized carbons (Fsp3) is 0.619. The van der Waals surface area contributed by atoms with Gasteiger partial charge in [-0.05, 0) is 68.7 Å². The number of hydrogen-bond acceptors (Lipinski definition) is 3. The highest BCUT2D eigenvalue weighted by atomic mass is 16.5. The summed E-state index contributed by atoms with van der Waals surface area (Å²) in [5, 5.41) is 5.35. The van der Waals surface area contributed by atoms with Gasteiger partial charge in [0, 0.05) is 12.2 Å². The molecule has 5 heteroatoms. The second-order valence-electron chi connectivity index (χ2n) is 7.55. The Morgan fingerprint density at radius 2 is 1.58 bits per heavy atom. The molecule has 2 saturated carbocycles. The van der Waals surface area contributed by atoms with Crippen LogP contribution in [0.25, 0.3) is 0 Å². The normalized spacial score (nSPS) is 18.0. The lowest BCUT2D eigenvalue weighted by Crippen LogP contribution is -2.36. The molecule has 0 heterocycles. The molecule has 3 rings (SSSR count). The Morgan fingerprint density at radius 1 is 0.923 bits per heavy atom. The van der Waals surface area contributed by atoms with E-state index in [-0.39, 0.29) is 0 Å². The van der Waals surface area contributed by atoms with E-state index in [2.05, 4.69) is 10.6 Å². The van der Waals surface area contributed by atoms with E-state index < -0.39 is 11.8 Å². The van der Waals surface area contributed by atoms with E-state index in [0.717, 1.165) is 37.4 Å². The predicted octanol–water partition coefficient (Wildman–Crippen LogP) is 4.03. The molecule has 0 saturated heterocycles. The van der Waals surface area contributed by atoms with Gasteiger partial charge < -0.3 is 15.4 Å². The third kappa shape index (κ3) is 5.75. The van der Waals surface area contributed by atoms with Gasteiger partial charge in [0.2, 0.25) is 0 Å². The summed E-state index contributed by atoms with van der Waals surface area (Å²) in [5.41, 5.74) is 0.606. The van der Waals surface area contributed by atoms with Crippen molar-refractivity contribution in [2.75, 3.05) is 11.9 Å². The van der Waals surface area contributed by atoms with E-state index in [0.29, 0.717) is 18.3 Å². The molecule has 26 heavy (non-hydrogen) atoms. The second-order valence-corrected chi connectivity index (χ2v) is 7.55. The van der Waals surface area contributed by atoms with Crippen LogP contribution in [0.5, 0.6) is 5.75 Å². The molecule has 0 spiro atoms. The maximum atomic E-state index is 12.0. The van der Waals surface area contributed by atoms with E-state index in [1.807, 2.05) is 12.1 Å². The zero-order chi connectivity index (χ0) is 18.2. The number of carbonyl (C=O) groups excluding carboxylic acids is 2. The summed E-state index contributed by atoms with van der Waals surface area (Å²) in [6.07, 6.45) is 12.4. The first-order valence-electron chi connectivity index (χ1n) is 10.1. The van der Waals surface area contributed by atoms with Crippen LogP contribution in [0.3, 0.4) is 0 Å². The lowest BCUT2D eigenvalue weighted by atomic mass is 10.0. The van der Waals surface area contributed by atoms with Crippen molar-refractivity contribution >= 4 is 17.5 Å². The first-order valence-corrected chi connectivity index (χ1v) is 10.1. The maximum absolute atomic E-state index is 12.0. The zero-order valence-corrected chi connectivity index (χ0v) is 15.5. The molecule has 2 aliphatic carbocycles. The van der Waals surface area contributed by atoms with E-state index in [4.69, 9.17) is 4.74 Å². The largest absolute Gasteiger partial charge is 0.490 e. The van der Waals surface area contributed by atoms with Crippen LogP contribution in [-0.4, -0.2) is 24.5 Å². The van der Waals surface area contributed by atoms with Gasteiger partial charge in [0.1, 0.15) is 5.75 Å². The van der Waals surface area contributed by atoms with Gasteiger partial charge in [0.05, 0.1) is 6.10 Å². The van der Waals surface area contributed by atoms with E-state index in [9.17, 15) is 9.59 Å². The van der Waals surface area contributed by atoms with Crippen molar-refractivity contribution in [2.45, 2.75) is 70.3 Å². The molecule has 2 aliphatic rings. The molecular weight excluding hydrogens is 328 g/mol. The van der Waals surface area contributed by atoms with Crippen molar-refractivity contribution in [3.63, 3.8) is 0 Å². The number of amides is 2. The highest BCUT2D eigenvalue weighted by Crippen LogP contribution is 2.28. The molecule has 5 nitrogen and oxygen atoms in total. The Labute approximate surface area is 155 Å². The Balaban J connectivity index is 1.35. The first kappa shape index (κ1) is 18.7. The molecule has 2 N–H and O–H groups in total. The van der Waals surface area contributed by atoms with Crippen molar-refractivity contribution in [3.8, 4) is 5.75 Å². The summed E-state index contributed by atoms with van der Waals surface area (Å²) in [4.78, 5) is 23.9. The third-order valence-electron chi connectivity index (χ3n) is 5.47. The van der Waals surface area contributed by atoms with Crippen LogP contribution in [0.2, 0.25) is 0 Å². The summed E-state index contributed by atoms with van der Waals surface area (Å²) >= 11 is 0. The molecule has 0 aliphatic heterocycles. The monoisotopic (exact) mass is 358 g/mol. The summed E-state index contributed by atoms with van der Waals surface area (Å²) in [7, 11) is 0. The molecular formula is C21H30N2O3. The van der Waals surface area contributed by atoms with Crippen LogP contribution >= 0.6 is 0 Å². The van der Waals surface area contributed by atoms with Gasteiger partial charge in [-0.2, -0.15) is 0 Å². The zero-order valence-electron chi connectivity index (χ0n) is 15.5. The standard InChI is InChI=1S/C21H30N2O3/c24-20(22-15-5-8-16-6-1-2-7-16)21(25)23-17-11-13-19(14-12-17)26-18-9-3-4-10-18/h11-14,16,18H,1-10,15H2,(H,22,24)(H,23,25). The molecule has 2 amide bonds. The van der Waals surface area contributed by atoms with Gasteiger partial charge in [0.15, 0.2) is 0 Å². The minimum atomic E-state index is -0.615. The first-order chi connectivity index (χ1) is 12.7. The number of ether oxygens (including phenoxy) is 1. The van der Waals surface area contributed by atoms with Gasteiger partial charge in [-0.1, -0.05) is 25.7 Å². The highest BCUT2D eigenvalue weighted by Gasteiger charge is 2.17. The molecule has 1 aromatic carbocycles. The van der Waals surface area contributed by atoms with Crippen LogP contribution < -0.4 is 15.4 Å². The fourth-order valence-corrected chi connectivity index (χ4v) is 3.98. The topological polar surface area (TPSA) is 67.4 Å². The minimum absolute atomic E-state index is 0.311. The molecule has 0 aromatic heterocycles. The van der Waals surface area contributed by atoms with E-state index in [1.165, 1.54) is 38.5 Å². The molecule has 0 unspecified atom stereocenters. The lowest BCUT2D eigenvalue weighted by Gasteiger charge is -2.13. The smallest absolute Gasteiger partial charge is 0.313 e. The molecule has 0 atom stereocenters. The van der Waals surface area contributed by atoms with Gasteiger partial charge in [-0.3, -0.25) is 9.59 Å². The number of benzene rings is 1. The van der Waals surface area contributed by atoms with Gasteiger partial charge >= 0.3 is 11.8 Å². The Kier molecular flexibility index (Phi) is 6.92. The summed E-state index contributed by atoms with van der Waals surface area (Å²) < 4.78 is 5.90. The number of carbonyl (C=O) groups is 2. The molecule has 0 radical (unpaired) electrons. The van der Waals surface area contributed by atoms with Gasteiger partial charge in [0.25, 0.3) is 0 Å². The number of anilines is 1. The highest BCUT2D eigenvalue weighted by molar-refractivity contribution is 6.39. The number of rotatable bonds is 7. The van der Waals surface area contributed by atoms with Crippen LogP contribution in [0.4, 0.5) is 5.69 Å². The predicted molar refractivity (Wildman–Crippen MR) is 102 cm³/mol. The van der Waals surface area contributed by atoms with Crippen molar-refractivity contribution in [1.29, 1.82) is 0 Å². The SMILES string of the molecule is O=C(NCCCC1CCCC1)C(=O)Nc1ccc(OC2CCCC2)cc1. The van der Waals surface area contributed by atoms with Crippen LogP contribution in [0, 0.1) is 5.92 Å². The Morgan fingerprint density at radius 3 is 2.27 bits per heavy atom. The number of hydrogen-bond donors (Lipinski definition) is 2. The fourth-order valence-electron chi connectivity index (χ4n) is 3.98. The van der Waals surface area contributed by atoms with Crippen LogP contribution in [0.1, 0.15) is 64.2 Å². The van der Waals surface area contributed by atoms with E-state index >= 15 is 0 Å². The Hall–Kier alpha value is -2.04. The summed E-state index contributed by atoms with van der Waals surface area (Å²) in [5.74, 6) is 0.440. The quantitative estimate of drug-likeness (QED) is 0.571. The summed E-state index contributed by atoms with van der Waals surface area (Å²) in [6, 6.07) is 7.23. The minimum Gasteiger partial charge on any atom is -0.490 e. The molecule has 2 fully saturated rings. The van der Waals surface area contributed by atoms with Crippen LogP contribution in [-0.2, 0) is 9.59 Å². The van der Waals surface area contributed by atoms with E-state index in [1.54, 1.807) is 12.1 Å². The van der Waals surface area contributed by atoms with Crippen LogP contribution in [0.15, 0.2) is 24.3 Å². The summed E-state index contributed by atoms with van der Waals surface area (Å²) in [6.45, 7) is 0.566. The Bertz CT molecular complexity index is 588. The maximum Gasteiger partial charge on any atom is 0.313 e.